The largest absolute Gasteiger partial charge is 0.427 e. The first-order chi connectivity index (χ1) is 12.4. The first-order valence-corrected chi connectivity index (χ1v) is 9.82. The summed E-state index contributed by atoms with van der Waals surface area (Å²) in [4.78, 5) is 23.6. The predicted octanol–water partition coefficient (Wildman–Crippen LogP) is 3.59. The van der Waals surface area contributed by atoms with Crippen LogP contribution in [0.2, 0.25) is 0 Å². The molecule has 0 N–H and O–H groups in total. The summed E-state index contributed by atoms with van der Waals surface area (Å²) in [5.41, 5.74) is 2.81. The van der Waals surface area contributed by atoms with Gasteiger partial charge in [0.2, 0.25) is 5.91 Å². The first kappa shape index (κ1) is 20.6. The summed E-state index contributed by atoms with van der Waals surface area (Å²) < 4.78 is 32.5. The lowest BCUT2D eigenvalue weighted by atomic mass is 10.1. The molecule has 2 aromatic rings. The molecule has 2 aromatic carbocycles. The zero-order chi connectivity index (χ0) is 20.5. The van der Waals surface area contributed by atoms with E-state index in [1.54, 1.807) is 32.9 Å². The van der Waals surface area contributed by atoms with E-state index >= 15 is 0 Å². The van der Waals surface area contributed by atoms with Crippen molar-refractivity contribution >= 4 is 27.6 Å². The van der Waals surface area contributed by atoms with Gasteiger partial charge in [-0.2, -0.15) is 0 Å². The van der Waals surface area contributed by atoms with E-state index < -0.39 is 21.9 Å². The Balaban J connectivity index is 2.65. The number of esters is 1. The maximum Gasteiger partial charge on any atom is 0.308 e. The van der Waals surface area contributed by atoms with Gasteiger partial charge in [0.05, 0.1) is 10.6 Å². The molecule has 0 saturated heterocycles. The minimum atomic E-state index is -4.11. The smallest absolute Gasteiger partial charge is 0.308 e. The number of hydrogen-bond acceptors (Lipinski definition) is 5. The van der Waals surface area contributed by atoms with Gasteiger partial charge >= 0.3 is 5.97 Å². The maximum atomic E-state index is 13.4. The Morgan fingerprint density at radius 3 is 1.89 bits per heavy atom. The van der Waals surface area contributed by atoms with Crippen molar-refractivity contribution in [2.24, 2.45) is 0 Å². The number of carbonyl (C=O) groups excluding carboxylic acids is 2. The summed E-state index contributed by atoms with van der Waals surface area (Å²) >= 11 is 0. The molecular weight excluding hydrogens is 366 g/mol. The van der Waals surface area contributed by atoms with E-state index in [2.05, 4.69) is 0 Å². The highest BCUT2D eigenvalue weighted by atomic mass is 32.2. The number of anilines is 1. The highest BCUT2D eigenvalue weighted by molar-refractivity contribution is 7.93. The second-order valence-electron chi connectivity index (χ2n) is 6.56. The molecular formula is C20H23NO5S. The highest BCUT2D eigenvalue weighted by Crippen LogP contribution is 2.32. The number of benzene rings is 2. The third-order valence-electron chi connectivity index (χ3n) is 4.04. The van der Waals surface area contributed by atoms with Crippen molar-refractivity contribution in [3.63, 3.8) is 0 Å². The van der Waals surface area contributed by atoms with Gasteiger partial charge in [-0.3, -0.25) is 9.59 Å². The van der Waals surface area contributed by atoms with Gasteiger partial charge in [0, 0.05) is 13.8 Å². The summed E-state index contributed by atoms with van der Waals surface area (Å²) in [6, 6.07) is 8.00. The van der Waals surface area contributed by atoms with Crippen molar-refractivity contribution in [2.45, 2.75) is 46.4 Å². The van der Waals surface area contributed by atoms with Crippen LogP contribution in [-0.2, 0) is 19.6 Å². The Morgan fingerprint density at radius 2 is 1.44 bits per heavy atom. The average Bonchev–Trinajstić information content (AvgIpc) is 2.47. The van der Waals surface area contributed by atoms with Gasteiger partial charge in [-0.05, 0) is 62.6 Å². The van der Waals surface area contributed by atoms with Crippen LogP contribution < -0.4 is 9.04 Å². The van der Waals surface area contributed by atoms with Crippen LogP contribution >= 0.6 is 0 Å². The molecule has 0 aliphatic heterocycles. The average molecular weight is 389 g/mol. The van der Waals surface area contributed by atoms with Crippen LogP contribution in [-0.4, -0.2) is 20.3 Å². The Labute approximate surface area is 159 Å². The van der Waals surface area contributed by atoms with Crippen LogP contribution in [0.5, 0.6) is 5.75 Å². The van der Waals surface area contributed by atoms with E-state index in [1.807, 2.05) is 6.92 Å². The standard InChI is InChI=1S/C20H23NO5S/c1-12-9-14(3)20(15(4)10-12)27(24,25)21(16(5)22)19-8-7-18(11-13(19)2)26-17(6)23/h7-11H,1-6H3. The Morgan fingerprint density at radius 1 is 0.889 bits per heavy atom. The normalized spacial score (nSPS) is 11.2. The molecule has 0 aromatic heterocycles. The van der Waals surface area contributed by atoms with E-state index in [0.29, 0.717) is 16.7 Å². The molecule has 1 amide bonds. The molecule has 0 unspecified atom stereocenters. The van der Waals surface area contributed by atoms with Crippen molar-refractivity contribution in [3.8, 4) is 5.75 Å². The molecule has 0 spiro atoms. The molecule has 0 aliphatic carbocycles. The van der Waals surface area contributed by atoms with Crippen LogP contribution in [0.1, 0.15) is 36.1 Å². The molecule has 144 valence electrons. The lowest BCUT2D eigenvalue weighted by Gasteiger charge is -2.25. The predicted molar refractivity (Wildman–Crippen MR) is 103 cm³/mol. The van der Waals surface area contributed by atoms with Crippen molar-refractivity contribution in [2.75, 3.05) is 4.31 Å². The van der Waals surface area contributed by atoms with Crippen LogP contribution in [0.25, 0.3) is 0 Å². The van der Waals surface area contributed by atoms with Gasteiger partial charge in [0.1, 0.15) is 5.75 Å². The van der Waals surface area contributed by atoms with Gasteiger partial charge in [0.25, 0.3) is 10.0 Å². The van der Waals surface area contributed by atoms with E-state index in [9.17, 15) is 18.0 Å². The second-order valence-corrected chi connectivity index (χ2v) is 8.28. The summed E-state index contributed by atoms with van der Waals surface area (Å²) in [5.74, 6) is -0.825. The minimum Gasteiger partial charge on any atom is -0.427 e. The van der Waals surface area contributed by atoms with Crippen molar-refractivity contribution in [1.29, 1.82) is 0 Å². The zero-order valence-corrected chi connectivity index (χ0v) is 17.1. The molecule has 0 atom stereocenters. The number of sulfonamides is 1. The maximum absolute atomic E-state index is 13.4. The highest BCUT2D eigenvalue weighted by Gasteiger charge is 2.32. The molecule has 27 heavy (non-hydrogen) atoms. The van der Waals surface area contributed by atoms with Crippen molar-refractivity contribution in [1.82, 2.24) is 0 Å². The second kappa shape index (κ2) is 7.52. The number of aryl methyl sites for hydroxylation is 4. The zero-order valence-electron chi connectivity index (χ0n) is 16.3. The Kier molecular flexibility index (Phi) is 5.75. The fraction of sp³-hybridized carbons (Fsp3) is 0.300. The molecule has 0 fully saturated rings. The molecule has 0 heterocycles. The molecule has 7 heteroatoms. The van der Waals surface area contributed by atoms with Gasteiger partial charge in [-0.15, -0.1) is 0 Å². The summed E-state index contributed by atoms with van der Waals surface area (Å²) in [5, 5.41) is 0. The molecule has 2 rings (SSSR count). The van der Waals surface area contributed by atoms with E-state index in [1.165, 1.54) is 32.0 Å². The molecule has 0 aliphatic rings. The number of carbonyl (C=O) groups is 2. The molecule has 0 bridgehead atoms. The van der Waals surface area contributed by atoms with Gasteiger partial charge < -0.3 is 4.74 Å². The number of hydrogen-bond donors (Lipinski definition) is 0. The van der Waals surface area contributed by atoms with Crippen LogP contribution in [0.4, 0.5) is 5.69 Å². The lowest BCUT2D eigenvalue weighted by molar-refractivity contribution is -0.131. The number of amides is 1. The monoisotopic (exact) mass is 389 g/mol. The minimum absolute atomic E-state index is 0.117. The van der Waals surface area contributed by atoms with Gasteiger partial charge in [-0.1, -0.05) is 17.7 Å². The summed E-state index contributed by atoms with van der Waals surface area (Å²) in [6.45, 7) is 9.44. The topological polar surface area (TPSA) is 80.8 Å². The van der Waals surface area contributed by atoms with Crippen LogP contribution in [0.3, 0.4) is 0 Å². The van der Waals surface area contributed by atoms with Gasteiger partial charge in [-0.25, -0.2) is 12.7 Å². The van der Waals surface area contributed by atoms with Crippen molar-refractivity contribution in [3.05, 3.63) is 52.6 Å². The van der Waals surface area contributed by atoms with E-state index in [0.717, 1.165) is 9.87 Å². The Bertz CT molecular complexity index is 1000. The summed E-state index contributed by atoms with van der Waals surface area (Å²) in [6.07, 6.45) is 0. The fourth-order valence-electron chi connectivity index (χ4n) is 3.22. The van der Waals surface area contributed by atoms with E-state index in [-0.39, 0.29) is 16.3 Å². The third kappa shape index (κ3) is 4.19. The number of nitrogens with zero attached hydrogens (tertiary/aromatic N) is 1. The number of ether oxygens (including phenoxy) is 1. The first-order valence-electron chi connectivity index (χ1n) is 8.38. The van der Waals surface area contributed by atoms with Gasteiger partial charge in [0.15, 0.2) is 0 Å². The number of rotatable bonds is 4. The molecule has 0 radical (unpaired) electrons. The fourth-order valence-corrected chi connectivity index (χ4v) is 5.14. The molecule has 6 nitrogen and oxygen atoms in total. The van der Waals surface area contributed by atoms with Crippen LogP contribution in [0, 0.1) is 27.7 Å². The van der Waals surface area contributed by atoms with Crippen LogP contribution in [0.15, 0.2) is 35.2 Å². The quantitative estimate of drug-likeness (QED) is 0.590. The molecule has 0 saturated carbocycles. The SMILES string of the molecule is CC(=O)Oc1ccc(N(C(C)=O)S(=O)(=O)c2c(C)cc(C)cc2C)c(C)c1. The van der Waals surface area contributed by atoms with E-state index in [4.69, 9.17) is 4.74 Å². The third-order valence-corrected chi connectivity index (χ3v) is 6.13. The lowest BCUT2D eigenvalue weighted by Crippen LogP contribution is -2.36. The Hall–Kier alpha value is -2.67. The van der Waals surface area contributed by atoms with Crippen molar-refractivity contribution < 1.29 is 22.7 Å². The summed E-state index contributed by atoms with van der Waals surface area (Å²) in [7, 11) is -4.11.